The van der Waals surface area contributed by atoms with Gasteiger partial charge in [-0.15, -0.1) is 0 Å². The molecule has 0 radical (unpaired) electrons. The van der Waals surface area contributed by atoms with Gasteiger partial charge in [-0.1, -0.05) is 41.9 Å². The number of ether oxygens (including phenoxy) is 1. The van der Waals surface area contributed by atoms with Gasteiger partial charge in [0, 0.05) is 22.4 Å². The van der Waals surface area contributed by atoms with E-state index in [0.29, 0.717) is 51.4 Å². The van der Waals surface area contributed by atoms with Crippen LogP contribution in [0.3, 0.4) is 0 Å². The molecule has 0 bridgehead atoms. The third kappa shape index (κ3) is 4.44. The van der Waals surface area contributed by atoms with Crippen LogP contribution in [0.4, 0.5) is 4.39 Å². The van der Waals surface area contributed by atoms with E-state index in [-0.39, 0.29) is 24.9 Å². The number of benzene rings is 3. The minimum atomic E-state index is -1.85. The van der Waals surface area contributed by atoms with Crippen LogP contribution < -0.4 is 10.1 Å². The molecule has 0 unspecified atom stereocenters. The Labute approximate surface area is 243 Å². The first-order valence-corrected chi connectivity index (χ1v) is 14.4. The number of carbonyl (C=O) groups excluding carboxylic acids is 1. The predicted molar refractivity (Wildman–Crippen MR) is 152 cm³/mol. The van der Waals surface area contributed by atoms with Gasteiger partial charge in [0.15, 0.2) is 11.2 Å². The molecule has 9 heteroatoms. The van der Waals surface area contributed by atoms with Crippen LogP contribution in [0.25, 0.3) is 0 Å². The van der Waals surface area contributed by atoms with Gasteiger partial charge in [-0.25, -0.2) is 4.39 Å². The molecule has 7 nitrogen and oxygen atoms in total. The number of rotatable bonds is 6. The van der Waals surface area contributed by atoms with Gasteiger partial charge in [0.25, 0.3) is 0 Å². The Morgan fingerprint density at radius 2 is 1.83 bits per heavy atom. The summed E-state index contributed by atoms with van der Waals surface area (Å²) < 4.78 is 21.5. The van der Waals surface area contributed by atoms with Crippen LogP contribution in [-0.4, -0.2) is 52.3 Å². The maximum absolute atomic E-state index is 14.6. The highest BCUT2D eigenvalue weighted by atomic mass is 35.5. The summed E-state index contributed by atoms with van der Waals surface area (Å²) in [5, 5.41) is 37.2. The van der Waals surface area contributed by atoms with Gasteiger partial charge < -0.3 is 30.3 Å². The molecule has 6 rings (SSSR count). The number of amides is 1. The molecule has 3 aliphatic rings. The largest absolute Gasteiger partial charge is 0.478 e. The summed E-state index contributed by atoms with van der Waals surface area (Å²) in [4.78, 5) is 15.9. The van der Waals surface area contributed by atoms with Crippen LogP contribution in [-0.2, 0) is 29.2 Å². The molecule has 4 N–H and O–H groups in total. The SMILES string of the molecule is CN1CCC(C(=O)N[C@H]2C[C@@H](c3cccc(F)c3)[C@]3(c4ccc(Cl)cc4)Oc4cc(CO)cc(CO)c4[C@]23O)CC1. The van der Waals surface area contributed by atoms with Crippen molar-refractivity contribution >= 4 is 17.5 Å². The van der Waals surface area contributed by atoms with E-state index < -0.39 is 35.6 Å². The van der Waals surface area contributed by atoms with E-state index in [9.17, 15) is 24.5 Å². The smallest absolute Gasteiger partial charge is 0.223 e. The Hall–Kier alpha value is -3.01. The maximum atomic E-state index is 14.6. The van der Waals surface area contributed by atoms with Crippen molar-refractivity contribution in [3.8, 4) is 5.75 Å². The average Bonchev–Trinajstić information content (AvgIpc) is 3.38. The predicted octanol–water partition coefficient (Wildman–Crippen LogP) is 3.95. The number of aliphatic hydroxyl groups excluding tert-OH is 2. The van der Waals surface area contributed by atoms with E-state index in [1.807, 2.05) is 7.05 Å². The fourth-order valence-electron chi connectivity index (χ4n) is 7.24. The number of nitrogens with one attached hydrogen (secondary N) is 1. The maximum Gasteiger partial charge on any atom is 0.223 e. The van der Waals surface area contributed by atoms with E-state index in [0.717, 1.165) is 13.1 Å². The summed E-state index contributed by atoms with van der Waals surface area (Å²) >= 11 is 6.26. The number of hydrogen-bond donors (Lipinski definition) is 4. The Balaban J connectivity index is 1.56. The molecule has 3 aromatic rings. The Morgan fingerprint density at radius 3 is 2.49 bits per heavy atom. The van der Waals surface area contributed by atoms with Crippen LogP contribution in [0.5, 0.6) is 5.75 Å². The average molecular weight is 581 g/mol. The molecule has 1 amide bonds. The van der Waals surface area contributed by atoms with E-state index in [1.165, 1.54) is 12.1 Å². The molecule has 216 valence electrons. The molecule has 0 aromatic heterocycles. The van der Waals surface area contributed by atoms with Crippen LogP contribution in [0.1, 0.15) is 53.0 Å². The summed E-state index contributed by atoms with van der Waals surface area (Å²) in [7, 11) is 2.03. The molecule has 2 fully saturated rings. The topological polar surface area (TPSA) is 102 Å². The summed E-state index contributed by atoms with van der Waals surface area (Å²) in [6, 6.07) is 15.6. The molecule has 4 atom stereocenters. The van der Waals surface area contributed by atoms with Crippen LogP contribution in [0, 0.1) is 11.7 Å². The Morgan fingerprint density at radius 1 is 1.10 bits per heavy atom. The van der Waals surface area contributed by atoms with Gasteiger partial charge in [-0.3, -0.25) is 4.79 Å². The van der Waals surface area contributed by atoms with Crippen molar-refractivity contribution in [2.24, 2.45) is 5.92 Å². The number of piperidine rings is 1. The van der Waals surface area contributed by atoms with Crippen molar-refractivity contribution in [3.05, 3.63) is 99.3 Å². The minimum absolute atomic E-state index is 0.146. The van der Waals surface area contributed by atoms with Gasteiger partial charge in [0.05, 0.1) is 19.3 Å². The fraction of sp³-hybridized carbons (Fsp3) is 0.406. The van der Waals surface area contributed by atoms with E-state index in [2.05, 4.69) is 10.2 Å². The van der Waals surface area contributed by atoms with Crippen molar-refractivity contribution in [1.29, 1.82) is 0 Å². The minimum Gasteiger partial charge on any atom is -0.478 e. The fourth-order valence-corrected chi connectivity index (χ4v) is 7.37. The number of carbonyl (C=O) groups is 1. The van der Waals surface area contributed by atoms with E-state index in [1.54, 1.807) is 48.5 Å². The number of hydrogen-bond acceptors (Lipinski definition) is 6. The zero-order chi connectivity index (χ0) is 28.9. The van der Waals surface area contributed by atoms with Crippen molar-refractivity contribution in [2.75, 3.05) is 20.1 Å². The molecular formula is C32H34ClFN2O5. The van der Waals surface area contributed by atoms with Gasteiger partial charge in [0.1, 0.15) is 11.6 Å². The van der Waals surface area contributed by atoms with E-state index in [4.69, 9.17) is 16.3 Å². The zero-order valence-electron chi connectivity index (χ0n) is 22.8. The molecular weight excluding hydrogens is 547 g/mol. The number of fused-ring (bicyclic) bond motifs is 3. The number of halogens is 2. The van der Waals surface area contributed by atoms with Crippen molar-refractivity contribution in [3.63, 3.8) is 0 Å². The van der Waals surface area contributed by atoms with Crippen LogP contribution in [0.2, 0.25) is 5.02 Å². The third-order valence-electron chi connectivity index (χ3n) is 9.21. The van der Waals surface area contributed by atoms with Gasteiger partial charge in [-0.05, 0) is 92.0 Å². The monoisotopic (exact) mass is 580 g/mol. The normalized spacial score (nSPS) is 27.8. The molecule has 41 heavy (non-hydrogen) atoms. The number of likely N-dealkylation sites (tertiary alicyclic amines) is 1. The Kier molecular flexibility index (Phi) is 7.32. The van der Waals surface area contributed by atoms with Crippen molar-refractivity contribution in [2.45, 2.75) is 55.6 Å². The Bertz CT molecular complexity index is 1460. The lowest BCUT2D eigenvalue weighted by Crippen LogP contribution is -2.57. The quantitative estimate of drug-likeness (QED) is 0.352. The second kappa shape index (κ2) is 10.7. The first-order chi connectivity index (χ1) is 19.7. The van der Waals surface area contributed by atoms with Crippen molar-refractivity contribution in [1.82, 2.24) is 10.2 Å². The van der Waals surface area contributed by atoms with Crippen LogP contribution >= 0.6 is 11.6 Å². The highest BCUT2D eigenvalue weighted by molar-refractivity contribution is 6.30. The summed E-state index contributed by atoms with van der Waals surface area (Å²) in [6.07, 6.45) is 1.67. The molecule has 1 saturated heterocycles. The van der Waals surface area contributed by atoms with Crippen LogP contribution in [0.15, 0.2) is 60.7 Å². The summed E-state index contributed by atoms with van der Waals surface area (Å²) in [5.41, 5.74) is -0.882. The summed E-state index contributed by atoms with van der Waals surface area (Å²) in [6.45, 7) is 0.898. The third-order valence-corrected chi connectivity index (χ3v) is 9.46. The number of aliphatic hydroxyl groups is 3. The van der Waals surface area contributed by atoms with Crippen molar-refractivity contribution < 1.29 is 29.2 Å². The van der Waals surface area contributed by atoms with Gasteiger partial charge in [0.2, 0.25) is 5.91 Å². The first kappa shape index (κ1) is 28.1. The standard InChI is InChI=1S/C32H34ClFN2O5/c1-36-11-9-20(10-12-36)30(39)35-28-16-26(21-3-2-4-25(34)15-21)32(23-5-7-24(33)8-6-23)31(28,40)29-22(18-38)13-19(17-37)14-27(29)41-32/h2-8,13-15,20,26,28,37-38,40H,9-12,16-18H2,1H3,(H,35,39)/t26-,28-,31+,32-/m0/s1. The molecule has 3 aromatic carbocycles. The summed E-state index contributed by atoms with van der Waals surface area (Å²) in [5.74, 6) is -1.07. The highest BCUT2D eigenvalue weighted by Crippen LogP contribution is 2.67. The van der Waals surface area contributed by atoms with Gasteiger partial charge in [-0.2, -0.15) is 0 Å². The first-order valence-electron chi connectivity index (χ1n) is 14.0. The molecule has 1 aliphatic carbocycles. The highest BCUT2D eigenvalue weighted by Gasteiger charge is 2.73. The lowest BCUT2D eigenvalue weighted by Gasteiger charge is -2.42. The number of nitrogens with zero attached hydrogens (tertiary/aromatic N) is 1. The van der Waals surface area contributed by atoms with E-state index >= 15 is 0 Å². The second-order valence-electron chi connectivity index (χ2n) is 11.5. The molecule has 2 aliphatic heterocycles. The van der Waals surface area contributed by atoms with Gasteiger partial charge >= 0.3 is 0 Å². The lowest BCUT2D eigenvalue weighted by molar-refractivity contribution is -0.137. The lowest BCUT2D eigenvalue weighted by atomic mass is 9.70. The second-order valence-corrected chi connectivity index (χ2v) is 12.0. The molecule has 2 heterocycles. The molecule has 1 saturated carbocycles. The molecule has 0 spiro atoms. The zero-order valence-corrected chi connectivity index (χ0v) is 23.6.